The predicted molar refractivity (Wildman–Crippen MR) is 76.1 cm³/mol. The Hall–Kier alpha value is -1.97. The first-order valence-electron chi connectivity index (χ1n) is 6.72. The van der Waals surface area contributed by atoms with Crippen LogP contribution in [0.3, 0.4) is 0 Å². The molecule has 0 spiro atoms. The molecule has 1 N–H and O–H groups in total. The first-order chi connectivity index (χ1) is 9.20. The van der Waals surface area contributed by atoms with Crippen LogP contribution in [0.2, 0.25) is 0 Å². The van der Waals surface area contributed by atoms with Crippen LogP contribution in [0.15, 0.2) is 24.4 Å². The first-order valence-corrected chi connectivity index (χ1v) is 6.72. The average molecular weight is 257 g/mol. The summed E-state index contributed by atoms with van der Waals surface area (Å²) in [5.74, 6) is 0.0476. The lowest BCUT2D eigenvalue weighted by Crippen LogP contribution is -2.26. The number of fused-ring (bicyclic) bond motifs is 1. The maximum atomic E-state index is 11.9. The Morgan fingerprint density at radius 1 is 1.32 bits per heavy atom. The minimum Gasteiger partial charge on any atom is -0.349 e. The van der Waals surface area contributed by atoms with Gasteiger partial charge in [-0.1, -0.05) is 31.4 Å². The van der Waals surface area contributed by atoms with Crippen molar-refractivity contribution in [2.24, 2.45) is 0 Å². The van der Waals surface area contributed by atoms with Gasteiger partial charge in [0.15, 0.2) is 0 Å². The van der Waals surface area contributed by atoms with Crippen molar-refractivity contribution in [2.45, 2.75) is 33.1 Å². The molecule has 0 aliphatic heterocycles. The smallest absolute Gasteiger partial charge is 0.289 e. The zero-order valence-electron chi connectivity index (χ0n) is 11.4. The normalized spacial score (nSPS) is 10.6. The summed E-state index contributed by atoms with van der Waals surface area (Å²) in [5, 5.41) is 3.81. The SMILES string of the molecule is CCCCCNC(=O)c1ncc2cc(C)ccc2n1. The molecule has 0 aliphatic rings. The van der Waals surface area contributed by atoms with Gasteiger partial charge in [-0.15, -0.1) is 0 Å². The lowest BCUT2D eigenvalue weighted by atomic mass is 10.2. The van der Waals surface area contributed by atoms with Gasteiger partial charge in [0.1, 0.15) is 0 Å². The Kier molecular flexibility index (Phi) is 4.44. The number of rotatable bonds is 5. The molecule has 0 aliphatic carbocycles. The summed E-state index contributed by atoms with van der Waals surface area (Å²) in [6.45, 7) is 4.84. The lowest BCUT2D eigenvalue weighted by molar-refractivity contribution is 0.0943. The number of carbonyl (C=O) groups excluding carboxylic acids is 1. The van der Waals surface area contributed by atoms with Gasteiger partial charge in [0.2, 0.25) is 5.82 Å². The first kappa shape index (κ1) is 13.5. The number of nitrogens with one attached hydrogen (secondary N) is 1. The molecule has 0 radical (unpaired) electrons. The molecule has 0 atom stereocenters. The maximum absolute atomic E-state index is 11.9. The predicted octanol–water partition coefficient (Wildman–Crippen LogP) is 2.86. The number of hydrogen-bond acceptors (Lipinski definition) is 3. The zero-order chi connectivity index (χ0) is 13.7. The molecular formula is C15H19N3O. The van der Waals surface area contributed by atoms with E-state index in [1.807, 2.05) is 25.1 Å². The van der Waals surface area contributed by atoms with Gasteiger partial charge in [0.25, 0.3) is 5.91 Å². The Morgan fingerprint density at radius 2 is 2.16 bits per heavy atom. The van der Waals surface area contributed by atoms with Crippen LogP contribution in [0.1, 0.15) is 42.4 Å². The largest absolute Gasteiger partial charge is 0.349 e. The highest BCUT2D eigenvalue weighted by molar-refractivity contribution is 5.92. The average Bonchev–Trinajstić information content (AvgIpc) is 2.42. The van der Waals surface area contributed by atoms with Crippen molar-refractivity contribution >= 4 is 16.8 Å². The summed E-state index contributed by atoms with van der Waals surface area (Å²) in [4.78, 5) is 20.3. The highest BCUT2D eigenvalue weighted by Crippen LogP contribution is 2.12. The van der Waals surface area contributed by atoms with Crippen LogP contribution in [0, 0.1) is 6.92 Å². The van der Waals surface area contributed by atoms with Crippen LogP contribution in [-0.2, 0) is 0 Å². The van der Waals surface area contributed by atoms with Crippen molar-refractivity contribution in [3.63, 3.8) is 0 Å². The molecular weight excluding hydrogens is 238 g/mol. The van der Waals surface area contributed by atoms with Gasteiger partial charge in [-0.3, -0.25) is 4.79 Å². The molecule has 0 fully saturated rings. The van der Waals surface area contributed by atoms with Crippen molar-refractivity contribution in [3.05, 3.63) is 35.8 Å². The van der Waals surface area contributed by atoms with Gasteiger partial charge in [-0.2, -0.15) is 0 Å². The molecule has 0 saturated heterocycles. The third-order valence-electron chi connectivity index (χ3n) is 3.00. The summed E-state index contributed by atoms with van der Waals surface area (Å²) in [7, 11) is 0. The van der Waals surface area contributed by atoms with Crippen LogP contribution in [-0.4, -0.2) is 22.4 Å². The van der Waals surface area contributed by atoms with Crippen LogP contribution < -0.4 is 5.32 Å². The number of aryl methyl sites for hydroxylation is 1. The van der Waals surface area contributed by atoms with Gasteiger partial charge in [0.05, 0.1) is 5.52 Å². The number of benzene rings is 1. The standard InChI is InChI=1S/C15H19N3O/c1-3-4-5-8-16-15(19)14-17-10-12-9-11(2)6-7-13(12)18-14/h6-7,9-10H,3-5,8H2,1-2H3,(H,16,19). The fourth-order valence-electron chi connectivity index (χ4n) is 1.92. The molecule has 1 aromatic heterocycles. The highest BCUT2D eigenvalue weighted by Gasteiger charge is 2.09. The molecule has 1 aromatic carbocycles. The van der Waals surface area contributed by atoms with Crippen molar-refractivity contribution in [3.8, 4) is 0 Å². The molecule has 19 heavy (non-hydrogen) atoms. The number of unbranched alkanes of at least 4 members (excludes halogenated alkanes) is 2. The number of nitrogens with zero attached hydrogens (tertiary/aromatic N) is 2. The minimum absolute atomic E-state index is 0.196. The van der Waals surface area contributed by atoms with Gasteiger partial charge < -0.3 is 5.32 Å². The second-order valence-corrected chi connectivity index (χ2v) is 4.72. The molecule has 0 saturated carbocycles. The molecule has 0 bridgehead atoms. The van der Waals surface area contributed by atoms with Gasteiger partial charge in [-0.25, -0.2) is 9.97 Å². The van der Waals surface area contributed by atoms with E-state index in [0.717, 1.165) is 35.7 Å². The Labute approximate surface area is 113 Å². The zero-order valence-corrected chi connectivity index (χ0v) is 11.4. The summed E-state index contributed by atoms with van der Waals surface area (Å²) in [5.41, 5.74) is 1.96. The van der Waals surface area contributed by atoms with E-state index in [9.17, 15) is 4.79 Å². The van der Waals surface area contributed by atoms with E-state index in [-0.39, 0.29) is 11.7 Å². The third-order valence-corrected chi connectivity index (χ3v) is 3.00. The van der Waals surface area contributed by atoms with Gasteiger partial charge in [0, 0.05) is 18.1 Å². The fourth-order valence-corrected chi connectivity index (χ4v) is 1.92. The van der Waals surface area contributed by atoms with Crippen molar-refractivity contribution in [2.75, 3.05) is 6.54 Å². The van der Waals surface area contributed by atoms with Crippen molar-refractivity contribution < 1.29 is 4.79 Å². The Balaban J connectivity index is 2.08. The molecule has 1 amide bonds. The third kappa shape index (κ3) is 3.50. The van der Waals surface area contributed by atoms with Crippen molar-refractivity contribution in [1.29, 1.82) is 0 Å². The van der Waals surface area contributed by atoms with Crippen LogP contribution >= 0.6 is 0 Å². The Morgan fingerprint density at radius 3 is 2.95 bits per heavy atom. The summed E-state index contributed by atoms with van der Waals surface area (Å²) >= 11 is 0. The quantitative estimate of drug-likeness (QED) is 0.838. The molecule has 4 nitrogen and oxygen atoms in total. The second-order valence-electron chi connectivity index (χ2n) is 4.72. The molecule has 1 heterocycles. The molecule has 4 heteroatoms. The summed E-state index contributed by atoms with van der Waals surface area (Å²) < 4.78 is 0. The van der Waals surface area contributed by atoms with E-state index in [1.165, 1.54) is 0 Å². The van der Waals surface area contributed by atoms with E-state index in [4.69, 9.17) is 0 Å². The monoisotopic (exact) mass is 257 g/mol. The molecule has 2 rings (SSSR count). The summed E-state index contributed by atoms with van der Waals surface area (Å²) in [6.07, 6.45) is 4.96. The molecule has 0 unspecified atom stereocenters. The number of hydrogen-bond donors (Lipinski definition) is 1. The topological polar surface area (TPSA) is 54.9 Å². The highest BCUT2D eigenvalue weighted by atomic mass is 16.2. The van der Waals surface area contributed by atoms with E-state index < -0.39 is 0 Å². The van der Waals surface area contributed by atoms with Gasteiger partial charge >= 0.3 is 0 Å². The van der Waals surface area contributed by atoms with E-state index in [1.54, 1.807) is 6.20 Å². The number of carbonyl (C=O) groups is 1. The van der Waals surface area contributed by atoms with Crippen LogP contribution in [0.25, 0.3) is 10.9 Å². The van der Waals surface area contributed by atoms with E-state index in [0.29, 0.717) is 6.54 Å². The van der Waals surface area contributed by atoms with Crippen LogP contribution in [0.5, 0.6) is 0 Å². The van der Waals surface area contributed by atoms with E-state index >= 15 is 0 Å². The van der Waals surface area contributed by atoms with Crippen molar-refractivity contribution in [1.82, 2.24) is 15.3 Å². The molecule has 100 valence electrons. The molecule has 2 aromatic rings. The summed E-state index contributed by atoms with van der Waals surface area (Å²) in [6, 6.07) is 5.91. The number of amides is 1. The van der Waals surface area contributed by atoms with Gasteiger partial charge in [-0.05, 0) is 25.5 Å². The number of aromatic nitrogens is 2. The lowest BCUT2D eigenvalue weighted by Gasteiger charge is -2.04. The Bertz CT molecular complexity index is 581. The second kappa shape index (κ2) is 6.27. The maximum Gasteiger partial charge on any atom is 0.289 e. The minimum atomic E-state index is -0.196. The van der Waals surface area contributed by atoms with E-state index in [2.05, 4.69) is 22.2 Å². The fraction of sp³-hybridized carbons (Fsp3) is 0.400. The van der Waals surface area contributed by atoms with Crippen LogP contribution in [0.4, 0.5) is 0 Å².